The number of esters is 1. The van der Waals surface area contributed by atoms with E-state index in [0.717, 1.165) is 16.9 Å². The number of thiazole rings is 1. The Morgan fingerprint density at radius 1 is 1.48 bits per heavy atom. The maximum Gasteiger partial charge on any atom is 0.350 e. The van der Waals surface area contributed by atoms with Gasteiger partial charge in [-0.05, 0) is 19.9 Å². The first-order chi connectivity index (χ1) is 12.0. The van der Waals surface area contributed by atoms with Crippen LogP contribution < -0.4 is 4.90 Å². The van der Waals surface area contributed by atoms with Crippen LogP contribution in [0.15, 0.2) is 31.1 Å². The summed E-state index contributed by atoms with van der Waals surface area (Å²) in [6, 6.07) is 0. The molecule has 0 bridgehead atoms. The number of rotatable bonds is 7. The van der Waals surface area contributed by atoms with Gasteiger partial charge in [0.1, 0.15) is 4.88 Å². The number of carbonyl (C=O) groups is 2. The van der Waals surface area contributed by atoms with E-state index >= 15 is 0 Å². The Hall–Kier alpha value is -2.74. The summed E-state index contributed by atoms with van der Waals surface area (Å²) in [6.07, 6.45) is 8.19. The van der Waals surface area contributed by atoms with E-state index in [0.29, 0.717) is 15.7 Å². The maximum absolute atomic E-state index is 12.5. The van der Waals surface area contributed by atoms with Gasteiger partial charge in [-0.3, -0.25) is 14.4 Å². The zero-order valence-electron chi connectivity index (χ0n) is 14.4. The topological polar surface area (TPSA) is 77.3 Å². The Labute approximate surface area is 150 Å². The molecule has 2 aromatic rings. The third kappa shape index (κ3) is 4.63. The van der Waals surface area contributed by atoms with Crippen molar-refractivity contribution < 1.29 is 14.3 Å². The second-order valence-corrected chi connectivity index (χ2v) is 6.13. The zero-order valence-corrected chi connectivity index (χ0v) is 15.2. The lowest BCUT2D eigenvalue weighted by Gasteiger charge is -2.15. The fourth-order valence-corrected chi connectivity index (χ4v) is 3.03. The van der Waals surface area contributed by atoms with Crippen molar-refractivity contribution >= 4 is 34.4 Å². The van der Waals surface area contributed by atoms with Gasteiger partial charge in [-0.25, -0.2) is 9.78 Å². The predicted octanol–water partition coefficient (Wildman–Crippen LogP) is 2.59. The highest BCUT2D eigenvalue weighted by molar-refractivity contribution is 7.17. The smallest absolute Gasteiger partial charge is 0.350 e. The standard InChI is InChI=1S/C17H20N4O3S/c1-5-9-21(14(22)8-7-13-10-18-20(4)11-13)17-19-12(3)15(25-17)16(23)24-6-2/h5,7-8,10-11H,1,6,9H2,2-4H3. The van der Waals surface area contributed by atoms with Gasteiger partial charge in [0.15, 0.2) is 5.13 Å². The molecule has 7 nitrogen and oxygen atoms in total. The van der Waals surface area contributed by atoms with E-state index in [1.807, 2.05) is 0 Å². The lowest BCUT2D eigenvalue weighted by molar-refractivity contribution is -0.114. The minimum atomic E-state index is -0.430. The van der Waals surface area contributed by atoms with Gasteiger partial charge >= 0.3 is 5.97 Å². The molecule has 0 spiro atoms. The van der Waals surface area contributed by atoms with Crippen molar-refractivity contribution in [3.63, 3.8) is 0 Å². The third-order valence-electron chi connectivity index (χ3n) is 3.20. The summed E-state index contributed by atoms with van der Waals surface area (Å²) >= 11 is 1.13. The quantitative estimate of drug-likeness (QED) is 0.431. The monoisotopic (exact) mass is 360 g/mol. The molecule has 0 aliphatic rings. The molecule has 0 aliphatic heterocycles. The van der Waals surface area contributed by atoms with Crippen LogP contribution in [-0.2, 0) is 16.6 Å². The molecule has 0 saturated heterocycles. The predicted molar refractivity (Wildman–Crippen MR) is 97.6 cm³/mol. The Kier molecular flexibility index (Phi) is 6.24. The normalized spacial score (nSPS) is 10.8. The Bertz CT molecular complexity index is 807. The van der Waals surface area contributed by atoms with Crippen LogP contribution in [0.4, 0.5) is 5.13 Å². The van der Waals surface area contributed by atoms with Gasteiger partial charge in [0.05, 0.1) is 18.5 Å². The average molecular weight is 360 g/mol. The minimum Gasteiger partial charge on any atom is -0.462 e. The number of hydrogen-bond donors (Lipinski definition) is 0. The first-order valence-corrected chi connectivity index (χ1v) is 8.51. The number of anilines is 1. The number of ether oxygens (including phenoxy) is 1. The van der Waals surface area contributed by atoms with Crippen LogP contribution in [0.2, 0.25) is 0 Å². The maximum atomic E-state index is 12.5. The van der Waals surface area contributed by atoms with Crippen molar-refractivity contribution in [2.24, 2.45) is 7.05 Å². The fourth-order valence-electron chi connectivity index (χ4n) is 2.06. The lowest BCUT2D eigenvalue weighted by Crippen LogP contribution is -2.29. The first-order valence-electron chi connectivity index (χ1n) is 7.70. The van der Waals surface area contributed by atoms with Crippen LogP contribution in [0.25, 0.3) is 6.08 Å². The second kappa shape index (κ2) is 8.39. The first kappa shape index (κ1) is 18.6. The second-order valence-electron chi connectivity index (χ2n) is 5.15. The van der Waals surface area contributed by atoms with Gasteiger partial charge in [0.2, 0.25) is 0 Å². The molecule has 0 fully saturated rings. The van der Waals surface area contributed by atoms with Gasteiger partial charge in [-0.2, -0.15) is 5.10 Å². The molecule has 0 unspecified atom stereocenters. The highest BCUT2D eigenvalue weighted by Crippen LogP contribution is 2.27. The van der Waals surface area contributed by atoms with E-state index in [1.54, 1.807) is 50.1 Å². The number of amides is 1. The van der Waals surface area contributed by atoms with Crippen LogP contribution in [0.5, 0.6) is 0 Å². The van der Waals surface area contributed by atoms with E-state index in [1.165, 1.54) is 11.0 Å². The van der Waals surface area contributed by atoms with Crippen molar-refractivity contribution in [2.75, 3.05) is 18.1 Å². The zero-order chi connectivity index (χ0) is 18.4. The summed E-state index contributed by atoms with van der Waals surface area (Å²) in [7, 11) is 1.80. The largest absolute Gasteiger partial charge is 0.462 e. The summed E-state index contributed by atoms with van der Waals surface area (Å²) in [5.74, 6) is -0.687. The number of aromatic nitrogens is 3. The van der Waals surface area contributed by atoms with E-state index in [-0.39, 0.29) is 19.1 Å². The van der Waals surface area contributed by atoms with Crippen molar-refractivity contribution in [3.8, 4) is 0 Å². The van der Waals surface area contributed by atoms with E-state index in [4.69, 9.17) is 4.74 Å². The van der Waals surface area contributed by atoms with Gasteiger partial charge in [0.25, 0.3) is 5.91 Å². The molecule has 0 radical (unpaired) electrons. The Morgan fingerprint density at radius 2 is 2.24 bits per heavy atom. The summed E-state index contributed by atoms with van der Waals surface area (Å²) in [6.45, 7) is 7.71. The van der Waals surface area contributed by atoms with E-state index < -0.39 is 5.97 Å². The van der Waals surface area contributed by atoms with Crippen LogP contribution in [-0.4, -0.2) is 39.8 Å². The van der Waals surface area contributed by atoms with Crippen LogP contribution >= 0.6 is 11.3 Å². The Morgan fingerprint density at radius 3 is 2.84 bits per heavy atom. The average Bonchev–Trinajstić information content (AvgIpc) is 3.16. The van der Waals surface area contributed by atoms with E-state index in [9.17, 15) is 9.59 Å². The molecule has 2 rings (SSSR count). The fraction of sp³-hybridized carbons (Fsp3) is 0.294. The van der Waals surface area contributed by atoms with Crippen molar-refractivity contribution in [2.45, 2.75) is 13.8 Å². The summed E-state index contributed by atoms with van der Waals surface area (Å²) < 4.78 is 6.67. The molecule has 0 atom stereocenters. The molecular formula is C17H20N4O3S. The SMILES string of the molecule is C=CCN(C(=O)C=Cc1cnn(C)c1)c1nc(C)c(C(=O)OCC)s1. The number of nitrogens with zero attached hydrogens (tertiary/aromatic N) is 4. The highest BCUT2D eigenvalue weighted by atomic mass is 32.1. The molecule has 2 aromatic heterocycles. The highest BCUT2D eigenvalue weighted by Gasteiger charge is 2.22. The lowest BCUT2D eigenvalue weighted by atomic mass is 10.3. The number of carbonyl (C=O) groups excluding carboxylic acids is 2. The summed E-state index contributed by atoms with van der Waals surface area (Å²) in [4.78, 5) is 30.7. The van der Waals surface area contributed by atoms with Gasteiger partial charge in [0, 0.05) is 31.4 Å². The van der Waals surface area contributed by atoms with Crippen molar-refractivity contribution in [1.29, 1.82) is 0 Å². The molecule has 0 saturated carbocycles. The van der Waals surface area contributed by atoms with Gasteiger partial charge < -0.3 is 4.74 Å². The van der Waals surface area contributed by atoms with Gasteiger partial charge in [-0.15, -0.1) is 6.58 Å². The molecule has 2 heterocycles. The van der Waals surface area contributed by atoms with Crippen molar-refractivity contribution in [3.05, 3.63) is 47.3 Å². The molecule has 0 aromatic carbocycles. The molecule has 132 valence electrons. The third-order valence-corrected chi connectivity index (χ3v) is 4.36. The van der Waals surface area contributed by atoms with Crippen LogP contribution in [0.1, 0.15) is 27.9 Å². The van der Waals surface area contributed by atoms with Crippen LogP contribution in [0, 0.1) is 6.92 Å². The molecule has 25 heavy (non-hydrogen) atoms. The molecular weight excluding hydrogens is 340 g/mol. The number of hydrogen-bond acceptors (Lipinski definition) is 6. The molecule has 8 heteroatoms. The number of aryl methyl sites for hydroxylation is 2. The summed E-state index contributed by atoms with van der Waals surface area (Å²) in [5.41, 5.74) is 1.36. The van der Waals surface area contributed by atoms with Crippen molar-refractivity contribution in [1.82, 2.24) is 14.8 Å². The summed E-state index contributed by atoms with van der Waals surface area (Å²) in [5, 5.41) is 4.48. The minimum absolute atomic E-state index is 0.257. The van der Waals surface area contributed by atoms with E-state index in [2.05, 4.69) is 16.7 Å². The van der Waals surface area contributed by atoms with Gasteiger partial charge in [-0.1, -0.05) is 17.4 Å². The molecule has 1 amide bonds. The van der Waals surface area contributed by atoms with Crippen LogP contribution in [0.3, 0.4) is 0 Å². The molecule has 0 N–H and O–H groups in total. The molecule has 0 aliphatic carbocycles. The Balaban J connectivity index is 2.23.